The van der Waals surface area contributed by atoms with E-state index in [-0.39, 0.29) is 79.3 Å². The Balaban J connectivity index is 1.03. The number of pyridine rings is 2. The van der Waals surface area contributed by atoms with Gasteiger partial charge in [0.1, 0.15) is 29.3 Å². The Kier molecular flexibility index (Phi) is 9.25. The van der Waals surface area contributed by atoms with E-state index >= 15 is 0 Å². The zero-order valence-corrected chi connectivity index (χ0v) is 33.9. The fourth-order valence-corrected chi connectivity index (χ4v) is 9.16. The molecule has 16 heteroatoms. The molecule has 2 aliphatic heterocycles. The summed E-state index contributed by atoms with van der Waals surface area (Å²) < 4.78 is 10.5. The summed E-state index contributed by atoms with van der Waals surface area (Å²) >= 11 is 0. The highest BCUT2D eigenvalue weighted by Gasteiger charge is 2.49. The van der Waals surface area contributed by atoms with Crippen LogP contribution in [0.4, 0.5) is 4.79 Å². The molecule has 0 bridgehead atoms. The molecule has 0 spiro atoms. The van der Waals surface area contributed by atoms with Crippen LogP contribution in [0.3, 0.4) is 0 Å². The predicted octanol–water partition coefficient (Wildman–Crippen LogP) is 6.11. The van der Waals surface area contributed by atoms with E-state index in [0.29, 0.717) is 45.7 Å². The Hall–Kier alpha value is -7.36. The highest BCUT2D eigenvalue weighted by atomic mass is 16.5. The van der Waals surface area contributed by atoms with Gasteiger partial charge in [0.15, 0.2) is 5.82 Å². The molecule has 3 aromatic carbocycles. The second-order valence-corrected chi connectivity index (χ2v) is 16.0. The number of aromatic amines is 1. The molecule has 0 aliphatic carbocycles. The highest BCUT2D eigenvalue weighted by molar-refractivity contribution is 5.91. The minimum atomic E-state index is -1.48. The summed E-state index contributed by atoms with van der Waals surface area (Å²) in [6.45, 7) is 7.55. The van der Waals surface area contributed by atoms with Gasteiger partial charge in [0.05, 0.1) is 40.3 Å². The summed E-state index contributed by atoms with van der Waals surface area (Å²) in [5.74, 6) is -0.717. The van der Waals surface area contributed by atoms with Crippen LogP contribution >= 0.6 is 0 Å². The zero-order valence-electron chi connectivity index (χ0n) is 33.9. The van der Waals surface area contributed by atoms with Gasteiger partial charge in [0, 0.05) is 53.8 Å². The van der Waals surface area contributed by atoms with Crippen molar-refractivity contribution in [3.8, 4) is 45.7 Å². The SMILES string of the molecule is CCc1c2c(nc3ccc(O)cc13)-c1cc3c(c(=O)n1C2)COC(=O)C3(CC)CN(CCn1ccc2cc(-n3c(-c4cc(C(C)C)c(O)cc4O)n[nH]c3=O)ccc21)C(=O)O. The van der Waals surface area contributed by atoms with Crippen molar-refractivity contribution < 1.29 is 34.8 Å². The molecular weight excluding hydrogens is 783 g/mol. The summed E-state index contributed by atoms with van der Waals surface area (Å²) in [5, 5.41) is 50.2. The van der Waals surface area contributed by atoms with Crippen LogP contribution < -0.4 is 11.2 Å². The fourth-order valence-electron chi connectivity index (χ4n) is 9.16. The van der Waals surface area contributed by atoms with Gasteiger partial charge in [-0.05, 0) is 90.0 Å². The Morgan fingerprint density at radius 2 is 1.79 bits per heavy atom. The first kappa shape index (κ1) is 39.1. The Bertz CT molecular complexity index is 3100. The van der Waals surface area contributed by atoms with Crippen LogP contribution in [0.25, 0.3) is 50.3 Å². The van der Waals surface area contributed by atoms with E-state index in [0.717, 1.165) is 27.4 Å². The summed E-state index contributed by atoms with van der Waals surface area (Å²) in [7, 11) is 0. The number of fused-ring (bicyclic) bond motifs is 6. The van der Waals surface area contributed by atoms with Crippen molar-refractivity contribution in [1.82, 2.24) is 33.8 Å². The third-order valence-electron chi connectivity index (χ3n) is 12.4. The van der Waals surface area contributed by atoms with Crippen molar-refractivity contribution in [1.29, 1.82) is 0 Å². The monoisotopic (exact) mass is 825 g/mol. The first-order chi connectivity index (χ1) is 29.2. The zero-order chi connectivity index (χ0) is 43.1. The number of esters is 1. The molecule has 312 valence electrons. The molecule has 16 nitrogen and oxygen atoms in total. The van der Waals surface area contributed by atoms with Crippen molar-refractivity contribution in [2.45, 2.75) is 71.6 Å². The van der Waals surface area contributed by atoms with Crippen LogP contribution in [0.2, 0.25) is 0 Å². The van der Waals surface area contributed by atoms with Crippen molar-refractivity contribution in [3.63, 3.8) is 0 Å². The number of aromatic nitrogens is 6. The third-order valence-corrected chi connectivity index (χ3v) is 12.4. The van der Waals surface area contributed by atoms with Gasteiger partial charge in [0.2, 0.25) is 0 Å². The maximum atomic E-state index is 14.3. The topological polar surface area (TPSA) is 218 Å². The molecule has 9 rings (SSSR count). The molecule has 2 aliphatic rings. The number of carboxylic acid groups (broad SMARTS) is 1. The number of ether oxygens (including phenoxy) is 1. The van der Waals surface area contributed by atoms with E-state index in [1.165, 1.54) is 15.5 Å². The Labute approximate surface area is 347 Å². The number of aryl methyl sites for hydroxylation is 1. The first-order valence-corrected chi connectivity index (χ1v) is 20.1. The lowest BCUT2D eigenvalue weighted by atomic mass is 9.74. The molecule has 1 amide bonds. The lowest BCUT2D eigenvalue weighted by Gasteiger charge is -2.39. The number of H-pyrrole nitrogens is 1. The molecule has 5 N–H and O–H groups in total. The van der Waals surface area contributed by atoms with Gasteiger partial charge in [-0.25, -0.2) is 24.2 Å². The largest absolute Gasteiger partial charge is 0.508 e. The number of carbonyl (C=O) groups excluding carboxylic acids is 1. The van der Waals surface area contributed by atoms with Crippen molar-refractivity contribution >= 4 is 33.9 Å². The average molecular weight is 826 g/mol. The highest BCUT2D eigenvalue weighted by Crippen LogP contribution is 2.43. The molecule has 0 saturated heterocycles. The molecule has 1 unspecified atom stereocenters. The molecular formula is C45H43N7O9. The number of hydrogen-bond donors (Lipinski definition) is 5. The fraction of sp³-hybridized carbons (Fsp3) is 0.289. The minimum Gasteiger partial charge on any atom is -0.508 e. The van der Waals surface area contributed by atoms with E-state index in [4.69, 9.17) is 9.72 Å². The van der Waals surface area contributed by atoms with Gasteiger partial charge in [-0.3, -0.25) is 9.59 Å². The molecule has 7 aromatic rings. The quantitative estimate of drug-likeness (QED) is 0.0992. The predicted molar refractivity (Wildman–Crippen MR) is 225 cm³/mol. The minimum absolute atomic E-state index is 0.0120. The standard InChI is InChI=1S/C45H43N7O9/c1-5-27-29-16-26(53)8-9-34(29)46-39-31(27)20-51-36(39)18-33-32(41(51)56)21-61-42(57)45(33,6-2)22-50(44(59)60)14-13-49-12-11-24-15-25(7-10-35(24)49)52-40(47-48-43(52)58)30-17-28(23(3)4)37(54)19-38(30)55/h7-12,15-19,23,53-55H,5-6,13-14,20-22H2,1-4H3,(H,48,58)(H,59,60). The molecule has 0 radical (unpaired) electrons. The number of amides is 1. The number of nitrogens with zero attached hydrogens (tertiary/aromatic N) is 6. The van der Waals surface area contributed by atoms with Crippen LogP contribution in [0.15, 0.2) is 76.4 Å². The summed E-state index contributed by atoms with van der Waals surface area (Å²) in [6.07, 6.45) is 1.35. The number of aromatic hydroxyl groups is 3. The van der Waals surface area contributed by atoms with Gasteiger partial charge in [-0.15, -0.1) is 0 Å². The number of carbonyl (C=O) groups is 2. The number of cyclic esters (lactones) is 1. The van der Waals surface area contributed by atoms with Gasteiger partial charge in [0.25, 0.3) is 5.56 Å². The van der Waals surface area contributed by atoms with Crippen molar-refractivity contribution in [2.24, 2.45) is 0 Å². The summed E-state index contributed by atoms with van der Waals surface area (Å²) in [6, 6.07) is 16.8. The average Bonchev–Trinajstić information content (AvgIpc) is 3.93. The molecule has 0 saturated carbocycles. The van der Waals surface area contributed by atoms with E-state index in [9.17, 15) is 39.6 Å². The second kappa shape index (κ2) is 14.4. The molecule has 1 atom stereocenters. The number of benzene rings is 3. The van der Waals surface area contributed by atoms with E-state index in [1.807, 2.05) is 37.5 Å². The number of phenolic OH excluding ortho intramolecular Hbond substituents is 3. The Morgan fingerprint density at radius 1 is 0.984 bits per heavy atom. The van der Waals surface area contributed by atoms with Gasteiger partial charge in [-0.1, -0.05) is 27.7 Å². The van der Waals surface area contributed by atoms with Crippen molar-refractivity contribution in [3.05, 3.63) is 116 Å². The normalized spacial score (nSPS) is 15.6. The smallest absolute Gasteiger partial charge is 0.407 e. The van der Waals surface area contributed by atoms with E-state index in [2.05, 4.69) is 10.2 Å². The van der Waals surface area contributed by atoms with Crippen LogP contribution in [0.5, 0.6) is 17.2 Å². The lowest BCUT2D eigenvalue weighted by molar-refractivity contribution is -0.155. The van der Waals surface area contributed by atoms with Gasteiger partial charge in [-0.2, -0.15) is 5.10 Å². The van der Waals surface area contributed by atoms with E-state index < -0.39 is 23.2 Å². The van der Waals surface area contributed by atoms with Crippen molar-refractivity contribution in [2.75, 3.05) is 13.1 Å². The van der Waals surface area contributed by atoms with Crippen LogP contribution in [0, 0.1) is 0 Å². The maximum absolute atomic E-state index is 14.3. The number of phenols is 3. The third kappa shape index (κ3) is 6.11. The first-order valence-electron chi connectivity index (χ1n) is 20.1. The maximum Gasteiger partial charge on any atom is 0.407 e. The summed E-state index contributed by atoms with van der Waals surface area (Å²) in [5.41, 5.74) is 4.09. The van der Waals surface area contributed by atoms with Crippen LogP contribution in [-0.2, 0) is 41.1 Å². The molecule has 6 heterocycles. The van der Waals surface area contributed by atoms with Crippen LogP contribution in [0.1, 0.15) is 67.9 Å². The molecule has 0 fully saturated rings. The Morgan fingerprint density at radius 3 is 2.52 bits per heavy atom. The summed E-state index contributed by atoms with van der Waals surface area (Å²) in [4.78, 5) is 60.4. The number of rotatable bonds is 10. The molecule has 4 aromatic heterocycles. The number of nitrogens with one attached hydrogen (secondary N) is 1. The van der Waals surface area contributed by atoms with Gasteiger partial charge < -0.3 is 39.2 Å². The van der Waals surface area contributed by atoms with Crippen LogP contribution in [-0.4, -0.2) is 79.4 Å². The lowest BCUT2D eigenvalue weighted by Crippen LogP contribution is -2.53. The van der Waals surface area contributed by atoms with E-state index in [1.54, 1.807) is 60.2 Å². The molecule has 61 heavy (non-hydrogen) atoms. The van der Waals surface area contributed by atoms with Gasteiger partial charge >= 0.3 is 17.8 Å². The second-order valence-electron chi connectivity index (χ2n) is 16.0. The number of hydrogen-bond acceptors (Lipinski definition) is 10.